The molecule has 1 atom stereocenters. The SMILES string of the molecule is CC1C=CC2=C(C=C1)OCC2. The van der Waals surface area contributed by atoms with Crippen LogP contribution in [0.25, 0.3) is 0 Å². The van der Waals surface area contributed by atoms with Crippen LogP contribution in [0.2, 0.25) is 0 Å². The molecule has 0 aromatic heterocycles. The van der Waals surface area contributed by atoms with Crippen molar-refractivity contribution in [2.75, 3.05) is 6.61 Å². The van der Waals surface area contributed by atoms with Gasteiger partial charge in [-0.15, -0.1) is 0 Å². The molecular formula is C10H12O. The van der Waals surface area contributed by atoms with Crippen LogP contribution >= 0.6 is 0 Å². The van der Waals surface area contributed by atoms with E-state index in [1.165, 1.54) is 5.57 Å². The van der Waals surface area contributed by atoms with Crippen molar-refractivity contribution in [1.82, 2.24) is 0 Å². The van der Waals surface area contributed by atoms with E-state index in [4.69, 9.17) is 4.74 Å². The first-order valence-electron chi connectivity index (χ1n) is 4.08. The smallest absolute Gasteiger partial charge is 0.122 e. The molecule has 1 heterocycles. The molecule has 2 rings (SSSR count). The summed E-state index contributed by atoms with van der Waals surface area (Å²) in [6.07, 6.45) is 9.74. The molecule has 0 saturated carbocycles. The average molecular weight is 148 g/mol. The van der Waals surface area contributed by atoms with E-state index in [1.54, 1.807) is 0 Å². The number of hydrogen-bond acceptors (Lipinski definition) is 1. The summed E-state index contributed by atoms with van der Waals surface area (Å²) in [5.41, 5.74) is 1.35. The van der Waals surface area contributed by atoms with Gasteiger partial charge < -0.3 is 4.74 Å². The van der Waals surface area contributed by atoms with Crippen molar-refractivity contribution in [3.63, 3.8) is 0 Å². The average Bonchev–Trinajstić information content (AvgIpc) is 2.38. The van der Waals surface area contributed by atoms with Gasteiger partial charge in [-0.25, -0.2) is 0 Å². The largest absolute Gasteiger partial charge is 0.493 e. The Bertz CT molecular complexity index is 222. The lowest BCUT2D eigenvalue weighted by atomic mass is 10.1. The molecule has 0 aromatic rings. The second-order valence-electron chi connectivity index (χ2n) is 3.07. The highest BCUT2D eigenvalue weighted by Gasteiger charge is 2.12. The van der Waals surface area contributed by atoms with E-state index in [-0.39, 0.29) is 0 Å². The third-order valence-corrected chi connectivity index (χ3v) is 2.10. The molecule has 0 saturated heterocycles. The zero-order valence-electron chi connectivity index (χ0n) is 6.71. The molecule has 0 aromatic carbocycles. The summed E-state index contributed by atoms with van der Waals surface area (Å²) < 4.78 is 5.43. The molecule has 0 spiro atoms. The number of ether oxygens (including phenoxy) is 1. The molecule has 1 heteroatoms. The summed E-state index contributed by atoms with van der Waals surface area (Å²) >= 11 is 0. The summed E-state index contributed by atoms with van der Waals surface area (Å²) in [6, 6.07) is 0. The molecular weight excluding hydrogens is 136 g/mol. The Morgan fingerprint density at radius 1 is 1.36 bits per heavy atom. The minimum Gasteiger partial charge on any atom is -0.493 e. The number of allylic oxidation sites excluding steroid dienone is 4. The van der Waals surface area contributed by atoms with E-state index < -0.39 is 0 Å². The molecule has 58 valence electrons. The van der Waals surface area contributed by atoms with Crippen LogP contribution in [0.3, 0.4) is 0 Å². The van der Waals surface area contributed by atoms with E-state index in [0.717, 1.165) is 18.8 Å². The fourth-order valence-corrected chi connectivity index (χ4v) is 1.38. The topological polar surface area (TPSA) is 9.23 Å². The fraction of sp³-hybridized carbons (Fsp3) is 0.400. The van der Waals surface area contributed by atoms with Gasteiger partial charge in [0.15, 0.2) is 0 Å². The monoisotopic (exact) mass is 148 g/mol. The van der Waals surface area contributed by atoms with Crippen molar-refractivity contribution in [2.24, 2.45) is 5.92 Å². The molecule has 0 bridgehead atoms. The van der Waals surface area contributed by atoms with Gasteiger partial charge in [0.05, 0.1) is 6.61 Å². The first kappa shape index (κ1) is 6.71. The first-order chi connectivity index (χ1) is 5.36. The highest BCUT2D eigenvalue weighted by Crippen LogP contribution is 2.24. The normalized spacial score (nSPS) is 28.3. The maximum Gasteiger partial charge on any atom is 0.122 e. The molecule has 0 N–H and O–H groups in total. The molecule has 0 fully saturated rings. The maximum absolute atomic E-state index is 5.43. The van der Waals surface area contributed by atoms with Crippen LogP contribution in [-0.4, -0.2) is 6.61 Å². The lowest BCUT2D eigenvalue weighted by Crippen LogP contribution is -1.83. The van der Waals surface area contributed by atoms with Gasteiger partial charge >= 0.3 is 0 Å². The molecule has 2 aliphatic rings. The molecule has 11 heavy (non-hydrogen) atoms. The highest BCUT2D eigenvalue weighted by atomic mass is 16.5. The van der Waals surface area contributed by atoms with E-state index in [1.807, 2.05) is 0 Å². The summed E-state index contributed by atoms with van der Waals surface area (Å²) in [5, 5.41) is 0. The Morgan fingerprint density at radius 2 is 2.18 bits per heavy atom. The maximum atomic E-state index is 5.43. The molecule has 1 aliphatic heterocycles. The van der Waals surface area contributed by atoms with Crippen molar-refractivity contribution < 1.29 is 4.74 Å². The fourth-order valence-electron chi connectivity index (χ4n) is 1.38. The van der Waals surface area contributed by atoms with E-state index in [9.17, 15) is 0 Å². The van der Waals surface area contributed by atoms with Crippen LogP contribution in [0.15, 0.2) is 35.6 Å². The van der Waals surface area contributed by atoms with Gasteiger partial charge in [-0.05, 0) is 17.6 Å². The Balaban J connectivity index is 2.30. The predicted octanol–water partition coefficient (Wildman–Crippen LogP) is 2.42. The molecule has 1 unspecified atom stereocenters. The lowest BCUT2D eigenvalue weighted by molar-refractivity contribution is 0.257. The minimum atomic E-state index is 0.546. The molecule has 0 radical (unpaired) electrons. The van der Waals surface area contributed by atoms with Crippen LogP contribution in [0.1, 0.15) is 13.3 Å². The number of rotatable bonds is 0. The third-order valence-electron chi connectivity index (χ3n) is 2.10. The van der Waals surface area contributed by atoms with Crippen molar-refractivity contribution >= 4 is 0 Å². The van der Waals surface area contributed by atoms with Crippen LogP contribution in [0.4, 0.5) is 0 Å². The molecule has 0 amide bonds. The van der Waals surface area contributed by atoms with Crippen molar-refractivity contribution in [3.05, 3.63) is 35.6 Å². The van der Waals surface area contributed by atoms with Gasteiger partial charge in [0.25, 0.3) is 0 Å². The van der Waals surface area contributed by atoms with Crippen molar-refractivity contribution in [1.29, 1.82) is 0 Å². The highest BCUT2D eigenvalue weighted by molar-refractivity contribution is 5.35. The van der Waals surface area contributed by atoms with Crippen LogP contribution < -0.4 is 0 Å². The van der Waals surface area contributed by atoms with Gasteiger partial charge in [0.2, 0.25) is 0 Å². The summed E-state index contributed by atoms with van der Waals surface area (Å²) in [5.74, 6) is 1.62. The Hall–Kier alpha value is -0.980. The second kappa shape index (κ2) is 2.57. The number of hydrogen-bond donors (Lipinski definition) is 0. The van der Waals surface area contributed by atoms with Crippen molar-refractivity contribution in [2.45, 2.75) is 13.3 Å². The lowest BCUT2D eigenvalue weighted by Gasteiger charge is -1.96. The zero-order chi connectivity index (χ0) is 7.68. The van der Waals surface area contributed by atoms with E-state index in [0.29, 0.717) is 5.92 Å². The van der Waals surface area contributed by atoms with Crippen LogP contribution in [0.5, 0.6) is 0 Å². The van der Waals surface area contributed by atoms with Crippen molar-refractivity contribution in [3.8, 4) is 0 Å². The Morgan fingerprint density at radius 3 is 3.09 bits per heavy atom. The summed E-state index contributed by atoms with van der Waals surface area (Å²) in [7, 11) is 0. The Kier molecular flexibility index (Phi) is 1.57. The van der Waals surface area contributed by atoms with E-state index >= 15 is 0 Å². The standard InChI is InChI=1S/C10H12O/c1-8-2-4-9-6-7-11-10(9)5-3-8/h2-5,8H,6-7H2,1H3. The van der Waals surface area contributed by atoms with Crippen LogP contribution in [-0.2, 0) is 4.74 Å². The van der Waals surface area contributed by atoms with E-state index in [2.05, 4.69) is 31.2 Å². The molecule has 1 aliphatic carbocycles. The van der Waals surface area contributed by atoms with Crippen LogP contribution in [0, 0.1) is 5.92 Å². The minimum absolute atomic E-state index is 0.546. The van der Waals surface area contributed by atoms with Gasteiger partial charge in [-0.1, -0.05) is 25.2 Å². The van der Waals surface area contributed by atoms with Gasteiger partial charge in [-0.2, -0.15) is 0 Å². The predicted molar refractivity (Wildman–Crippen MR) is 45.0 cm³/mol. The summed E-state index contributed by atoms with van der Waals surface area (Å²) in [6.45, 7) is 3.03. The van der Waals surface area contributed by atoms with Gasteiger partial charge in [-0.3, -0.25) is 0 Å². The summed E-state index contributed by atoms with van der Waals surface area (Å²) in [4.78, 5) is 0. The Labute approximate surface area is 67.1 Å². The second-order valence-corrected chi connectivity index (χ2v) is 3.07. The van der Waals surface area contributed by atoms with Gasteiger partial charge in [0, 0.05) is 6.42 Å². The molecule has 1 nitrogen and oxygen atoms in total. The zero-order valence-corrected chi connectivity index (χ0v) is 6.71. The third kappa shape index (κ3) is 1.23. The first-order valence-corrected chi connectivity index (χ1v) is 4.08. The quantitative estimate of drug-likeness (QED) is 0.512. The van der Waals surface area contributed by atoms with Gasteiger partial charge in [0.1, 0.15) is 5.76 Å².